The Balaban J connectivity index is 2.52. The van der Waals surface area contributed by atoms with Crippen LogP contribution in [0.25, 0.3) is 0 Å². The molecule has 14 heavy (non-hydrogen) atoms. The van der Waals surface area contributed by atoms with Crippen LogP contribution >= 0.6 is 0 Å². The lowest BCUT2D eigenvalue weighted by Gasteiger charge is -2.31. The zero-order valence-electron chi connectivity index (χ0n) is 9.25. The molecule has 0 radical (unpaired) electrons. The smallest absolute Gasteiger partial charge is 0.242 e. The van der Waals surface area contributed by atoms with Gasteiger partial charge in [0.15, 0.2) is 0 Å². The Morgan fingerprint density at radius 2 is 2.36 bits per heavy atom. The third kappa shape index (κ3) is 2.69. The van der Waals surface area contributed by atoms with Gasteiger partial charge < -0.3 is 15.0 Å². The minimum atomic E-state index is -0.147. The third-order valence-electron chi connectivity index (χ3n) is 2.47. The molecule has 1 fully saturated rings. The van der Waals surface area contributed by atoms with E-state index in [2.05, 4.69) is 5.32 Å². The van der Waals surface area contributed by atoms with Crippen LogP contribution in [0.2, 0.25) is 0 Å². The van der Waals surface area contributed by atoms with E-state index in [1.807, 2.05) is 25.7 Å². The van der Waals surface area contributed by atoms with Crippen molar-refractivity contribution in [3.63, 3.8) is 0 Å². The van der Waals surface area contributed by atoms with Crippen molar-refractivity contribution in [3.8, 4) is 0 Å². The Labute approximate surface area is 85.6 Å². The molecule has 0 bridgehead atoms. The number of morpholine rings is 1. The summed E-state index contributed by atoms with van der Waals surface area (Å²) in [4.78, 5) is 13.8. The average Bonchev–Trinajstić information content (AvgIpc) is 2.19. The van der Waals surface area contributed by atoms with Crippen LogP contribution in [0.4, 0.5) is 0 Å². The highest BCUT2D eigenvalue weighted by molar-refractivity contribution is 5.82. The van der Waals surface area contributed by atoms with E-state index in [1.54, 1.807) is 0 Å². The summed E-state index contributed by atoms with van der Waals surface area (Å²) in [5.74, 6) is 0.155. The standard InChI is InChI=1S/C10H20N2O2/c1-4-12(8(2)3)10(13)9-7-14-6-5-11-9/h8-9,11H,4-7H2,1-3H3. The van der Waals surface area contributed by atoms with Crippen molar-refractivity contribution in [2.24, 2.45) is 0 Å². The molecule has 1 unspecified atom stereocenters. The molecule has 82 valence electrons. The van der Waals surface area contributed by atoms with Gasteiger partial charge in [0.25, 0.3) is 0 Å². The van der Waals surface area contributed by atoms with Gasteiger partial charge in [-0.1, -0.05) is 0 Å². The van der Waals surface area contributed by atoms with Crippen molar-refractivity contribution >= 4 is 5.91 Å². The molecule has 1 N–H and O–H groups in total. The fourth-order valence-corrected chi connectivity index (χ4v) is 1.70. The third-order valence-corrected chi connectivity index (χ3v) is 2.47. The van der Waals surface area contributed by atoms with Crippen LogP contribution < -0.4 is 5.32 Å². The summed E-state index contributed by atoms with van der Waals surface area (Å²) >= 11 is 0. The molecular weight excluding hydrogens is 180 g/mol. The van der Waals surface area contributed by atoms with Crippen molar-refractivity contribution in [2.45, 2.75) is 32.9 Å². The number of rotatable bonds is 3. The van der Waals surface area contributed by atoms with E-state index in [0.717, 1.165) is 13.1 Å². The van der Waals surface area contributed by atoms with Gasteiger partial charge in [-0.05, 0) is 20.8 Å². The van der Waals surface area contributed by atoms with Gasteiger partial charge in [0.2, 0.25) is 5.91 Å². The number of ether oxygens (including phenoxy) is 1. The summed E-state index contributed by atoms with van der Waals surface area (Å²) in [7, 11) is 0. The second-order valence-corrected chi connectivity index (χ2v) is 3.80. The fourth-order valence-electron chi connectivity index (χ4n) is 1.70. The van der Waals surface area contributed by atoms with E-state index >= 15 is 0 Å². The summed E-state index contributed by atoms with van der Waals surface area (Å²) in [5.41, 5.74) is 0. The van der Waals surface area contributed by atoms with E-state index in [4.69, 9.17) is 4.74 Å². The van der Waals surface area contributed by atoms with Crippen LogP contribution in [-0.2, 0) is 9.53 Å². The Hall–Kier alpha value is -0.610. The van der Waals surface area contributed by atoms with Crippen LogP contribution in [0.1, 0.15) is 20.8 Å². The second kappa shape index (κ2) is 5.32. The largest absolute Gasteiger partial charge is 0.378 e. The highest BCUT2D eigenvalue weighted by atomic mass is 16.5. The zero-order valence-corrected chi connectivity index (χ0v) is 9.25. The number of hydrogen-bond acceptors (Lipinski definition) is 3. The predicted molar refractivity (Wildman–Crippen MR) is 55.1 cm³/mol. The van der Waals surface area contributed by atoms with Crippen LogP contribution in [0.3, 0.4) is 0 Å². The molecule has 0 aromatic heterocycles. The lowest BCUT2D eigenvalue weighted by Crippen LogP contribution is -2.54. The van der Waals surface area contributed by atoms with Crippen LogP contribution in [0, 0.1) is 0 Å². The van der Waals surface area contributed by atoms with Gasteiger partial charge in [-0.3, -0.25) is 4.79 Å². The first-order valence-electron chi connectivity index (χ1n) is 5.28. The van der Waals surface area contributed by atoms with Gasteiger partial charge in [-0.15, -0.1) is 0 Å². The second-order valence-electron chi connectivity index (χ2n) is 3.80. The van der Waals surface area contributed by atoms with Gasteiger partial charge >= 0.3 is 0 Å². The Morgan fingerprint density at radius 1 is 1.64 bits per heavy atom. The molecule has 1 rings (SSSR count). The van der Waals surface area contributed by atoms with E-state index in [-0.39, 0.29) is 18.0 Å². The SMILES string of the molecule is CCN(C(=O)C1COCCN1)C(C)C. The van der Waals surface area contributed by atoms with Crippen LogP contribution in [0.15, 0.2) is 0 Å². The molecule has 1 saturated heterocycles. The Morgan fingerprint density at radius 3 is 2.79 bits per heavy atom. The molecule has 1 atom stereocenters. The van der Waals surface area contributed by atoms with E-state index < -0.39 is 0 Å². The first kappa shape index (κ1) is 11.5. The molecule has 1 aliphatic rings. The highest BCUT2D eigenvalue weighted by Gasteiger charge is 2.26. The molecule has 1 aliphatic heterocycles. The van der Waals surface area contributed by atoms with Crippen molar-refractivity contribution in [2.75, 3.05) is 26.3 Å². The number of carbonyl (C=O) groups is 1. The number of likely N-dealkylation sites (N-methyl/N-ethyl adjacent to an activating group) is 1. The predicted octanol–water partition coefficient (Wildman–Crippen LogP) is 0.232. The first-order chi connectivity index (χ1) is 6.66. The van der Waals surface area contributed by atoms with Gasteiger partial charge in [-0.2, -0.15) is 0 Å². The molecule has 4 heteroatoms. The van der Waals surface area contributed by atoms with E-state index in [1.165, 1.54) is 0 Å². The monoisotopic (exact) mass is 200 g/mol. The maximum Gasteiger partial charge on any atom is 0.242 e. The lowest BCUT2D eigenvalue weighted by atomic mass is 10.2. The van der Waals surface area contributed by atoms with Gasteiger partial charge in [-0.25, -0.2) is 0 Å². The molecule has 1 heterocycles. The summed E-state index contributed by atoms with van der Waals surface area (Å²) in [5, 5.41) is 3.17. The number of nitrogens with one attached hydrogen (secondary N) is 1. The zero-order chi connectivity index (χ0) is 10.6. The summed E-state index contributed by atoms with van der Waals surface area (Å²) in [6.45, 7) is 8.80. The molecule has 0 saturated carbocycles. The van der Waals surface area contributed by atoms with Crippen molar-refractivity contribution in [1.82, 2.24) is 10.2 Å². The Bertz CT molecular complexity index is 189. The maximum atomic E-state index is 12.0. The fraction of sp³-hybridized carbons (Fsp3) is 0.900. The molecule has 0 aliphatic carbocycles. The average molecular weight is 200 g/mol. The summed E-state index contributed by atoms with van der Waals surface area (Å²) < 4.78 is 5.27. The van der Waals surface area contributed by atoms with Crippen molar-refractivity contribution in [3.05, 3.63) is 0 Å². The molecular formula is C10H20N2O2. The van der Waals surface area contributed by atoms with Crippen LogP contribution in [0.5, 0.6) is 0 Å². The van der Waals surface area contributed by atoms with Gasteiger partial charge in [0.1, 0.15) is 6.04 Å². The topological polar surface area (TPSA) is 41.6 Å². The molecule has 4 nitrogen and oxygen atoms in total. The first-order valence-corrected chi connectivity index (χ1v) is 5.28. The normalized spacial score (nSPS) is 22.4. The number of carbonyl (C=O) groups excluding carboxylic acids is 1. The minimum absolute atomic E-state index is 0.147. The molecule has 0 spiro atoms. The van der Waals surface area contributed by atoms with E-state index in [9.17, 15) is 4.79 Å². The quantitative estimate of drug-likeness (QED) is 0.709. The van der Waals surface area contributed by atoms with Gasteiger partial charge in [0, 0.05) is 19.1 Å². The number of amides is 1. The molecule has 1 amide bonds. The van der Waals surface area contributed by atoms with Crippen LogP contribution in [-0.4, -0.2) is 49.2 Å². The lowest BCUT2D eigenvalue weighted by molar-refractivity contribution is -0.137. The maximum absolute atomic E-state index is 12.0. The minimum Gasteiger partial charge on any atom is -0.378 e. The summed E-state index contributed by atoms with van der Waals surface area (Å²) in [6.07, 6.45) is 0. The summed E-state index contributed by atoms with van der Waals surface area (Å²) in [6, 6.07) is 0.113. The van der Waals surface area contributed by atoms with Crippen molar-refractivity contribution < 1.29 is 9.53 Å². The molecule has 0 aromatic rings. The number of hydrogen-bond donors (Lipinski definition) is 1. The Kier molecular flexibility index (Phi) is 4.35. The van der Waals surface area contributed by atoms with Crippen molar-refractivity contribution in [1.29, 1.82) is 0 Å². The highest BCUT2D eigenvalue weighted by Crippen LogP contribution is 2.04. The molecule has 0 aromatic carbocycles. The van der Waals surface area contributed by atoms with E-state index in [0.29, 0.717) is 13.2 Å². The van der Waals surface area contributed by atoms with Gasteiger partial charge in [0.05, 0.1) is 13.2 Å². The number of nitrogens with zero attached hydrogens (tertiary/aromatic N) is 1.